The standard InChI is InChI=1S/C11H17F3N2O3/c1-7(10(18)19)16-4-2-3-8(5-16)9(17)15-6-11(12,13)14/h7-8H,2-6H2,1H3,(H,15,17)(H,18,19)/t7-,8-/m0/s1. The third-order valence-electron chi connectivity index (χ3n) is 3.19. The predicted molar refractivity (Wildman–Crippen MR) is 60.5 cm³/mol. The summed E-state index contributed by atoms with van der Waals surface area (Å²) in [5.74, 6) is -2.26. The molecule has 1 heterocycles. The van der Waals surface area contributed by atoms with E-state index in [1.54, 1.807) is 4.90 Å². The molecule has 0 aromatic heterocycles. The zero-order valence-electron chi connectivity index (χ0n) is 10.5. The summed E-state index contributed by atoms with van der Waals surface area (Å²) < 4.78 is 36.0. The number of rotatable bonds is 4. The summed E-state index contributed by atoms with van der Waals surface area (Å²) >= 11 is 0. The van der Waals surface area contributed by atoms with Gasteiger partial charge in [-0.15, -0.1) is 0 Å². The summed E-state index contributed by atoms with van der Waals surface area (Å²) in [7, 11) is 0. The number of hydrogen-bond acceptors (Lipinski definition) is 3. The van der Waals surface area contributed by atoms with Crippen molar-refractivity contribution in [3.8, 4) is 0 Å². The van der Waals surface area contributed by atoms with Crippen LogP contribution in [0.2, 0.25) is 0 Å². The molecule has 0 radical (unpaired) electrons. The third kappa shape index (κ3) is 5.06. The first-order valence-corrected chi connectivity index (χ1v) is 6.02. The zero-order chi connectivity index (χ0) is 14.6. The molecule has 0 unspecified atom stereocenters. The number of nitrogens with zero attached hydrogens (tertiary/aromatic N) is 1. The number of nitrogens with one attached hydrogen (secondary N) is 1. The Hall–Kier alpha value is -1.31. The molecule has 2 atom stereocenters. The van der Waals surface area contributed by atoms with Crippen molar-refractivity contribution < 1.29 is 27.9 Å². The van der Waals surface area contributed by atoms with Crippen molar-refractivity contribution in [1.29, 1.82) is 0 Å². The number of carboxylic acid groups (broad SMARTS) is 1. The smallest absolute Gasteiger partial charge is 0.405 e. The summed E-state index contributed by atoms with van der Waals surface area (Å²) in [6.45, 7) is 0.864. The molecule has 1 aliphatic heterocycles. The van der Waals surface area contributed by atoms with Crippen molar-refractivity contribution in [2.24, 2.45) is 5.92 Å². The van der Waals surface area contributed by atoms with Gasteiger partial charge in [-0.1, -0.05) is 0 Å². The van der Waals surface area contributed by atoms with Crippen molar-refractivity contribution in [1.82, 2.24) is 10.2 Å². The molecular weight excluding hydrogens is 265 g/mol. The van der Waals surface area contributed by atoms with Crippen LogP contribution in [0.15, 0.2) is 0 Å². The Morgan fingerprint density at radius 1 is 1.47 bits per heavy atom. The van der Waals surface area contributed by atoms with E-state index >= 15 is 0 Å². The van der Waals surface area contributed by atoms with E-state index in [2.05, 4.69) is 0 Å². The van der Waals surface area contributed by atoms with Gasteiger partial charge < -0.3 is 10.4 Å². The molecule has 1 fully saturated rings. The van der Waals surface area contributed by atoms with Crippen molar-refractivity contribution in [2.45, 2.75) is 32.0 Å². The minimum Gasteiger partial charge on any atom is -0.480 e. The molecule has 8 heteroatoms. The van der Waals surface area contributed by atoms with Crippen LogP contribution in [0, 0.1) is 5.92 Å². The van der Waals surface area contributed by atoms with E-state index in [0.717, 1.165) is 0 Å². The van der Waals surface area contributed by atoms with Crippen LogP contribution in [0.5, 0.6) is 0 Å². The Morgan fingerprint density at radius 2 is 2.11 bits per heavy atom. The Labute approximate surface area is 108 Å². The molecule has 0 spiro atoms. The van der Waals surface area contributed by atoms with Gasteiger partial charge in [0.2, 0.25) is 5.91 Å². The van der Waals surface area contributed by atoms with Gasteiger partial charge in [-0.3, -0.25) is 14.5 Å². The first kappa shape index (κ1) is 15.7. The Morgan fingerprint density at radius 3 is 2.63 bits per heavy atom. The van der Waals surface area contributed by atoms with Gasteiger partial charge in [0, 0.05) is 6.54 Å². The number of carbonyl (C=O) groups excluding carboxylic acids is 1. The molecule has 0 saturated carbocycles. The van der Waals surface area contributed by atoms with Crippen LogP contribution in [0.25, 0.3) is 0 Å². The van der Waals surface area contributed by atoms with Crippen molar-refractivity contribution in [2.75, 3.05) is 19.6 Å². The molecule has 1 rings (SSSR count). The van der Waals surface area contributed by atoms with Crippen LogP contribution in [-0.2, 0) is 9.59 Å². The Kier molecular flexibility index (Phi) is 5.16. The van der Waals surface area contributed by atoms with E-state index in [4.69, 9.17) is 5.11 Å². The lowest BCUT2D eigenvalue weighted by Crippen LogP contribution is -2.49. The second-order valence-corrected chi connectivity index (χ2v) is 4.68. The molecule has 110 valence electrons. The highest BCUT2D eigenvalue weighted by molar-refractivity contribution is 5.79. The minimum atomic E-state index is -4.43. The average Bonchev–Trinajstić information content (AvgIpc) is 2.34. The fourth-order valence-corrected chi connectivity index (χ4v) is 2.06. The number of halogens is 3. The fraction of sp³-hybridized carbons (Fsp3) is 0.818. The van der Waals surface area contributed by atoms with Gasteiger partial charge in [-0.2, -0.15) is 13.2 Å². The van der Waals surface area contributed by atoms with Gasteiger partial charge in [0.15, 0.2) is 0 Å². The molecule has 0 bridgehead atoms. The molecule has 5 nitrogen and oxygen atoms in total. The van der Waals surface area contributed by atoms with E-state index in [0.29, 0.717) is 19.4 Å². The maximum Gasteiger partial charge on any atom is 0.405 e. The molecule has 0 aliphatic carbocycles. The van der Waals surface area contributed by atoms with E-state index in [-0.39, 0.29) is 6.54 Å². The second kappa shape index (κ2) is 6.23. The predicted octanol–water partition coefficient (Wildman–Crippen LogP) is 0.850. The van der Waals surface area contributed by atoms with Gasteiger partial charge in [0.1, 0.15) is 12.6 Å². The maximum atomic E-state index is 12.0. The first-order valence-electron chi connectivity index (χ1n) is 6.02. The number of carboxylic acids is 1. The second-order valence-electron chi connectivity index (χ2n) is 4.68. The number of amides is 1. The highest BCUT2D eigenvalue weighted by Gasteiger charge is 2.33. The van der Waals surface area contributed by atoms with E-state index in [1.165, 1.54) is 6.92 Å². The summed E-state index contributed by atoms with van der Waals surface area (Å²) in [5.41, 5.74) is 0. The van der Waals surface area contributed by atoms with E-state index in [1.807, 2.05) is 5.32 Å². The van der Waals surface area contributed by atoms with Crippen LogP contribution in [0.4, 0.5) is 13.2 Å². The highest BCUT2D eigenvalue weighted by atomic mass is 19.4. The lowest BCUT2D eigenvalue weighted by molar-refractivity contribution is -0.146. The van der Waals surface area contributed by atoms with Crippen LogP contribution in [0.1, 0.15) is 19.8 Å². The number of piperidine rings is 1. The number of likely N-dealkylation sites (tertiary alicyclic amines) is 1. The molecule has 0 aromatic rings. The lowest BCUT2D eigenvalue weighted by Gasteiger charge is -2.34. The first-order chi connectivity index (χ1) is 8.70. The van der Waals surface area contributed by atoms with E-state index < -0.39 is 36.6 Å². The van der Waals surface area contributed by atoms with Crippen molar-refractivity contribution in [3.05, 3.63) is 0 Å². The zero-order valence-corrected chi connectivity index (χ0v) is 10.5. The summed E-state index contributed by atoms with van der Waals surface area (Å²) in [5, 5.41) is 10.7. The molecule has 2 N–H and O–H groups in total. The lowest BCUT2D eigenvalue weighted by atomic mass is 9.96. The van der Waals surface area contributed by atoms with Crippen LogP contribution < -0.4 is 5.32 Å². The molecular formula is C11H17F3N2O3. The fourth-order valence-electron chi connectivity index (χ4n) is 2.06. The SMILES string of the molecule is C[C@@H](C(=O)O)N1CCC[C@H](C(=O)NCC(F)(F)F)C1. The van der Waals surface area contributed by atoms with Crippen LogP contribution >= 0.6 is 0 Å². The highest BCUT2D eigenvalue weighted by Crippen LogP contribution is 2.19. The molecule has 19 heavy (non-hydrogen) atoms. The molecule has 1 saturated heterocycles. The topological polar surface area (TPSA) is 69.6 Å². The average molecular weight is 282 g/mol. The Balaban J connectivity index is 2.50. The number of aliphatic carboxylic acids is 1. The summed E-state index contributed by atoms with van der Waals surface area (Å²) in [4.78, 5) is 24.0. The van der Waals surface area contributed by atoms with Gasteiger partial charge in [0.25, 0.3) is 0 Å². The minimum absolute atomic E-state index is 0.178. The van der Waals surface area contributed by atoms with Crippen molar-refractivity contribution in [3.63, 3.8) is 0 Å². The van der Waals surface area contributed by atoms with Gasteiger partial charge in [-0.25, -0.2) is 0 Å². The Bertz CT molecular complexity index is 347. The number of carbonyl (C=O) groups is 2. The largest absolute Gasteiger partial charge is 0.480 e. The number of hydrogen-bond donors (Lipinski definition) is 2. The van der Waals surface area contributed by atoms with Gasteiger partial charge in [0.05, 0.1) is 5.92 Å². The quantitative estimate of drug-likeness (QED) is 0.802. The van der Waals surface area contributed by atoms with Crippen LogP contribution in [0.3, 0.4) is 0 Å². The normalized spacial score (nSPS) is 22.8. The van der Waals surface area contributed by atoms with Crippen LogP contribution in [-0.4, -0.2) is 53.7 Å². The number of alkyl halides is 3. The maximum absolute atomic E-state index is 12.0. The third-order valence-corrected chi connectivity index (χ3v) is 3.19. The summed E-state index contributed by atoms with van der Waals surface area (Å²) in [6.07, 6.45) is -3.35. The summed E-state index contributed by atoms with van der Waals surface area (Å²) in [6, 6.07) is -0.738. The van der Waals surface area contributed by atoms with Crippen molar-refractivity contribution >= 4 is 11.9 Å². The van der Waals surface area contributed by atoms with Gasteiger partial charge >= 0.3 is 12.1 Å². The monoisotopic (exact) mass is 282 g/mol. The van der Waals surface area contributed by atoms with E-state index in [9.17, 15) is 22.8 Å². The van der Waals surface area contributed by atoms with Gasteiger partial charge in [-0.05, 0) is 26.3 Å². The molecule has 1 amide bonds. The molecule has 0 aromatic carbocycles. The molecule has 1 aliphatic rings.